The van der Waals surface area contributed by atoms with E-state index in [0.717, 1.165) is 58.1 Å². The SMILES string of the molecule is COc1cc(/C=C2/CC(C(C)(C)C)Cc3c2nc2ccccc2c3C(=O)N2CCN(C3CCCN(C(=O)OCc4ccccc4)C3)C(=O)C2)cc(OC)c1OC. The van der Waals surface area contributed by atoms with Gasteiger partial charge in [-0.25, -0.2) is 9.78 Å². The fourth-order valence-corrected chi connectivity index (χ4v) is 8.36. The van der Waals surface area contributed by atoms with Gasteiger partial charge >= 0.3 is 6.09 Å². The van der Waals surface area contributed by atoms with Crippen LogP contribution in [0.15, 0.2) is 66.7 Å². The van der Waals surface area contributed by atoms with E-state index in [4.69, 9.17) is 23.9 Å². The maximum atomic E-state index is 14.9. The summed E-state index contributed by atoms with van der Waals surface area (Å²) in [5.74, 6) is 1.56. The first-order valence-electron chi connectivity index (χ1n) is 19.5. The van der Waals surface area contributed by atoms with Crippen molar-refractivity contribution in [3.05, 3.63) is 94.7 Å². The van der Waals surface area contributed by atoms with Gasteiger partial charge in [-0.05, 0) is 83.6 Å². The Morgan fingerprint density at radius 3 is 2.27 bits per heavy atom. The Kier molecular flexibility index (Phi) is 11.2. The fraction of sp³-hybridized carbons (Fsp3) is 0.422. The number of methoxy groups -OCH3 is 3. The van der Waals surface area contributed by atoms with Gasteiger partial charge in [0.2, 0.25) is 11.7 Å². The molecule has 0 radical (unpaired) electrons. The molecule has 0 spiro atoms. The molecule has 2 saturated heterocycles. The van der Waals surface area contributed by atoms with Crippen molar-refractivity contribution in [1.82, 2.24) is 19.7 Å². The van der Waals surface area contributed by atoms with Crippen molar-refractivity contribution in [2.75, 3.05) is 54.1 Å². The van der Waals surface area contributed by atoms with Gasteiger partial charge in [0.25, 0.3) is 5.91 Å². The average Bonchev–Trinajstić information content (AvgIpc) is 3.21. The minimum atomic E-state index is -0.374. The van der Waals surface area contributed by atoms with E-state index in [1.54, 1.807) is 31.1 Å². The molecule has 2 aliphatic heterocycles. The number of fused-ring (bicyclic) bond motifs is 2. The minimum absolute atomic E-state index is 0.0317. The van der Waals surface area contributed by atoms with Crippen LogP contribution in [0.3, 0.4) is 0 Å². The topological polar surface area (TPSA) is 111 Å². The molecule has 0 N–H and O–H groups in total. The molecule has 0 bridgehead atoms. The standard InChI is InChI=1S/C45H52N4O7/c1-45(2,3)32-24-31(21-30-22-37(53-4)42(55-6)38(23-30)54-5)41-35(25-32)40(34-16-10-11-17-36(34)46-41)43(51)47-19-20-49(39(50)27-47)33-15-12-18-48(26-33)44(52)56-28-29-13-8-7-9-14-29/h7-11,13-14,16-17,21-23,32-33H,12,15,18-20,24-28H2,1-6H3/b31-21-. The molecule has 4 aromatic rings. The van der Waals surface area contributed by atoms with Crippen molar-refractivity contribution in [1.29, 1.82) is 0 Å². The summed E-state index contributed by atoms with van der Waals surface area (Å²) in [5, 5.41) is 0.782. The second-order valence-corrected chi connectivity index (χ2v) is 16.0. The Hall–Kier alpha value is -5.58. The van der Waals surface area contributed by atoms with E-state index in [9.17, 15) is 14.4 Å². The van der Waals surface area contributed by atoms with E-state index in [0.29, 0.717) is 55.4 Å². The van der Waals surface area contributed by atoms with Gasteiger partial charge in [-0.15, -0.1) is 0 Å². The zero-order valence-corrected chi connectivity index (χ0v) is 33.3. The van der Waals surface area contributed by atoms with Gasteiger partial charge in [-0.3, -0.25) is 9.59 Å². The third kappa shape index (κ3) is 7.90. The summed E-state index contributed by atoms with van der Waals surface area (Å²) in [4.78, 5) is 52.3. The number of hydrogen-bond donors (Lipinski definition) is 0. The highest BCUT2D eigenvalue weighted by Crippen LogP contribution is 2.46. The monoisotopic (exact) mass is 760 g/mol. The van der Waals surface area contributed by atoms with Crippen molar-refractivity contribution in [2.24, 2.45) is 11.3 Å². The van der Waals surface area contributed by atoms with E-state index in [-0.39, 0.29) is 48.4 Å². The Balaban J connectivity index is 1.17. The van der Waals surface area contributed by atoms with Crippen molar-refractivity contribution in [3.63, 3.8) is 0 Å². The Morgan fingerprint density at radius 2 is 1.59 bits per heavy atom. The third-order valence-corrected chi connectivity index (χ3v) is 11.5. The number of benzene rings is 3. The first kappa shape index (κ1) is 38.7. The number of allylic oxidation sites excluding steroid dienone is 1. The minimum Gasteiger partial charge on any atom is -0.493 e. The number of rotatable bonds is 8. The number of pyridine rings is 1. The third-order valence-electron chi connectivity index (χ3n) is 11.5. The van der Waals surface area contributed by atoms with Gasteiger partial charge in [0.1, 0.15) is 13.2 Å². The van der Waals surface area contributed by atoms with E-state index in [2.05, 4.69) is 26.8 Å². The van der Waals surface area contributed by atoms with Crippen molar-refractivity contribution in [2.45, 2.75) is 59.1 Å². The second-order valence-electron chi connectivity index (χ2n) is 16.0. The quantitative estimate of drug-likeness (QED) is 0.182. The molecule has 2 fully saturated rings. The number of aromatic nitrogens is 1. The lowest BCUT2D eigenvalue weighted by atomic mass is 9.68. The lowest BCUT2D eigenvalue weighted by Crippen LogP contribution is -2.59. The molecule has 294 valence electrons. The van der Waals surface area contributed by atoms with E-state index in [1.807, 2.05) is 71.6 Å². The first-order valence-corrected chi connectivity index (χ1v) is 19.5. The molecule has 2 atom stereocenters. The molecule has 3 aliphatic rings. The smallest absolute Gasteiger partial charge is 0.410 e. The van der Waals surface area contributed by atoms with Gasteiger partial charge in [0.15, 0.2) is 11.5 Å². The number of amides is 3. The van der Waals surface area contributed by atoms with E-state index >= 15 is 0 Å². The number of piperidine rings is 1. The van der Waals surface area contributed by atoms with Crippen LogP contribution in [0.1, 0.15) is 72.8 Å². The van der Waals surface area contributed by atoms with Crippen LogP contribution in [0.5, 0.6) is 17.2 Å². The highest BCUT2D eigenvalue weighted by Gasteiger charge is 2.39. The number of ether oxygens (including phenoxy) is 4. The summed E-state index contributed by atoms with van der Waals surface area (Å²) >= 11 is 0. The number of para-hydroxylation sites is 1. The van der Waals surface area contributed by atoms with Gasteiger partial charge in [-0.2, -0.15) is 0 Å². The molecule has 1 aromatic heterocycles. The van der Waals surface area contributed by atoms with E-state index in [1.165, 1.54) is 0 Å². The van der Waals surface area contributed by atoms with Crippen LogP contribution < -0.4 is 14.2 Å². The molecule has 2 unspecified atom stereocenters. The Bertz CT molecular complexity index is 2120. The number of carbonyl (C=O) groups excluding carboxylic acids is 3. The molecule has 0 saturated carbocycles. The number of hydrogen-bond acceptors (Lipinski definition) is 8. The van der Waals surface area contributed by atoms with Crippen LogP contribution in [0.2, 0.25) is 0 Å². The van der Waals surface area contributed by atoms with Crippen molar-refractivity contribution in [3.8, 4) is 17.2 Å². The molecule has 1 aliphatic carbocycles. The molecular formula is C45H52N4O7. The molecular weight excluding hydrogens is 709 g/mol. The van der Waals surface area contributed by atoms with Gasteiger partial charge in [0, 0.05) is 37.6 Å². The molecule has 11 heteroatoms. The second kappa shape index (κ2) is 16.3. The maximum absolute atomic E-state index is 14.9. The summed E-state index contributed by atoms with van der Waals surface area (Å²) in [5.41, 5.74) is 5.79. The maximum Gasteiger partial charge on any atom is 0.410 e. The highest BCUT2D eigenvalue weighted by molar-refractivity contribution is 6.10. The number of likely N-dealkylation sites (tertiary alicyclic amines) is 1. The molecule has 3 amide bonds. The lowest BCUT2D eigenvalue weighted by Gasteiger charge is -2.43. The summed E-state index contributed by atoms with van der Waals surface area (Å²) in [7, 11) is 4.79. The fourth-order valence-electron chi connectivity index (χ4n) is 8.36. The largest absolute Gasteiger partial charge is 0.493 e. The zero-order valence-electron chi connectivity index (χ0n) is 33.3. The Morgan fingerprint density at radius 1 is 0.875 bits per heavy atom. The molecule has 3 heterocycles. The lowest BCUT2D eigenvalue weighted by molar-refractivity contribution is -0.138. The number of carbonyl (C=O) groups is 3. The van der Waals surface area contributed by atoms with E-state index < -0.39 is 0 Å². The predicted octanol–water partition coefficient (Wildman–Crippen LogP) is 7.50. The van der Waals surface area contributed by atoms with Gasteiger partial charge in [0.05, 0.1) is 38.1 Å². The molecule has 11 nitrogen and oxygen atoms in total. The first-order chi connectivity index (χ1) is 27.0. The number of piperazine rings is 1. The normalized spacial score (nSPS) is 19.5. The molecule has 7 rings (SSSR count). The van der Waals surface area contributed by atoms with Crippen LogP contribution >= 0.6 is 0 Å². The summed E-state index contributed by atoms with van der Waals surface area (Å²) in [6.45, 7) is 8.66. The van der Waals surface area contributed by atoms with Crippen LogP contribution in [0.4, 0.5) is 4.79 Å². The molecule has 56 heavy (non-hydrogen) atoms. The predicted molar refractivity (Wildman–Crippen MR) is 216 cm³/mol. The summed E-state index contributed by atoms with van der Waals surface area (Å²) in [6, 6.07) is 21.1. The highest BCUT2D eigenvalue weighted by atomic mass is 16.6. The Labute approximate surface area is 329 Å². The summed E-state index contributed by atoms with van der Waals surface area (Å²) in [6.07, 6.45) is 4.75. The van der Waals surface area contributed by atoms with Crippen molar-refractivity contribution >= 4 is 40.5 Å². The zero-order chi connectivity index (χ0) is 39.6. The average molecular weight is 761 g/mol. The van der Waals surface area contributed by atoms with Crippen LogP contribution in [0, 0.1) is 11.3 Å². The van der Waals surface area contributed by atoms with Crippen LogP contribution in [-0.2, 0) is 22.6 Å². The number of nitrogens with zero attached hydrogens (tertiary/aromatic N) is 4. The van der Waals surface area contributed by atoms with Crippen LogP contribution in [0.25, 0.3) is 22.6 Å². The van der Waals surface area contributed by atoms with Crippen LogP contribution in [-0.4, -0.2) is 97.7 Å². The molecule has 3 aromatic carbocycles. The van der Waals surface area contributed by atoms with Gasteiger partial charge in [-0.1, -0.05) is 69.3 Å². The summed E-state index contributed by atoms with van der Waals surface area (Å²) < 4.78 is 22.5. The van der Waals surface area contributed by atoms with Crippen molar-refractivity contribution < 1.29 is 33.3 Å². The van der Waals surface area contributed by atoms with Gasteiger partial charge < -0.3 is 33.6 Å².